The third-order valence-corrected chi connectivity index (χ3v) is 3.74. The van der Waals surface area contributed by atoms with Gasteiger partial charge in [0.25, 0.3) is 0 Å². The summed E-state index contributed by atoms with van der Waals surface area (Å²) in [6, 6.07) is 7.13. The molecule has 1 aromatic carbocycles. The molecule has 0 bridgehead atoms. The number of rotatable bonds is 1. The van der Waals surface area contributed by atoms with Crippen LogP contribution < -0.4 is 0 Å². The van der Waals surface area contributed by atoms with Crippen molar-refractivity contribution in [1.82, 2.24) is 0 Å². The smallest absolute Gasteiger partial charge is 0.146 e. The van der Waals surface area contributed by atoms with E-state index in [1.807, 2.05) is 6.92 Å². The van der Waals surface area contributed by atoms with E-state index in [-0.39, 0.29) is 10.9 Å². The first-order chi connectivity index (χ1) is 7.12. The van der Waals surface area contributed by atoms with E-state index in [4.69, 9.17) is 11.6 Å². The molecule has 1 saturated carbocycles. The van der Waals surface area contributed by atoms with Crippen LogP contribution in [0.5, 0.6) is 0 Å². The molecule has 78 valence electrons. The van der Waals surface area contributed by atoms with Gasteiger partial charge >= 0.3 is 0 Å². The summed E-state index contributed by atoms with van der Waals surface area (Å²) in [6.45, 7) is 1.98. The van der Waals surface area contributed by atoms with Crippen LogP contribution in [0.1, 0.15) is 25.3 Å². The van der Waals surface area contributed by atoms with Gasteiger partial charge in [0.2, 0.25) is 0 Å². The largest absolute Gasteiger partial charge is 0.205 e. The minimum Gasteiger partial charge on any atom is -0.205 e. The van der Waals surface area contributed by atoms with Crippen LogP contribution in [0.25, 0.3) is 0 Å². The Labute approximate surface area is 93.5 Å². The van der Waals surface area contributed by atoms with Gasteiger partial charge in [-0.1, -0.05) is 30.7 Å². The van der Waals surface area contributed by atoms with Crippen molar-refractivity contribution in [3.63, 3.8) is 0 Å². The zero-order valence-electron chi connectivity index (χ0n) is 8.43. The Hall–Kier alpha value is -1.07. The van der Waals surface area contributed by atoms with E-state index in [9.17, 15) is 9.65 Å². The number of hydrogen-bond acceptors (Lipinski definition) is 1. The van der Waals surface area contributed by atoms with Gasteiger partial charge in [-0.05, 0) is 24.8 Å². The first kappa shape index (κ1) is 10.4. The first-order valence-electron chi connectivity index (χ1n) is 4.97. The van der Waals surface area contributed by atoms with Gasteiger partial charge in [-0.25, -0.2) is 4.39 Å². The summed E-state index contributed by atoms with van der Waals surface area (Å²) in [5, 5.41) is 9.31. The fraction of sp³-hybridized carbons (Fsp3) is 0.417. The summed E-state index contributed by atoms with van der Waals surface area (Å²) < 4.78 is 13.8. The molecule has 0 amide bonds. The van der Waals surface area contributed by atoms with Gasteiger partial charge in [-0.15, -0.1) is 0 Å². The fourth-order valence-corrected chi connectivity index (χ4v) is 2.37. The van der Waals surface area contributed by atoms with E-state index in [0.717, 1.165) is 12.8 Å². The normalized spacial score (nSPS) is 29.3. The van der Waals surface area contributed by atoms with Gasteiger partial charge in [-0.3, -0.25) is 0 Å². The predicted molar refractivity (Wildman–Crippen MR) is 57.1 cm³/mol. The molecule has 0 heterocycles. The molecule has 0 radical (unpaired) electrons. The van der Waals surface area contributed by atoms with Crippen LogP contribution >= 0.6 is 11.6 Å². The molecule has 2 unspecified atom stereocenters. The quantitative estimate of drug-likeness (QED) is 0.713. The fourth-order valence-electron chi connectivity index (χ4n) is 2.20. The van der Waals surface area contributed by atoms with E-state index < -0.39 is 11.2 Å². The van der Waals surface area contributed by atoms with Crippen LogP contribution in [-0.4, -0.2) is 0 Å². The highest BCUT2D eigenvalue weighted by Gasteiger charge is 2.47. The highest BCUT2D eigenvalue weighted by Crippen LogP contribution is 2.49. The second-order valence-corrected chi connectivity index (χ2v) is 4.53. The summed E-state index contributed by atoms with van der Waals surface area (Å²) >= 11 is 5.72. The number of benzene rings is 1. The first-order valence-corrected chi connectivity index (χ1v) is 5.35. The van der Waals surface area contributed by atoms with Gasteiger partial charge < -0.3 is 0 Å². The molecule has 1 nitrogen and oxygen atoms in total. The molecule has 1 aromatic rings. The molecular weight excluding hydrogens is 213 g/mol. The molecule has 2 rings (SSSR count). The molecule has 0 spiro atoms. The summed E-state index contributed by atoms with van der Waals surface area (Å²) in [5.74, 6) is -0.234. The van der Waals surface area contributed by atoms with Crippen molar-refractivity contribution in [3.05, 3.63) is 34.6 Å². The average Bonchev–Trinajstić information content (AvgIpc) is 2.23. The number of halogens is 2. The average molecular weight is 224 g/mol. The standard InChI is InChI=1S/C12H11ClFN/c1-8-5-6-12(8,7-15)9-3-2-4-10(13)11(9)14/h2-4,8H,5-6H2,1H3. The molecule has 0 aliphatic heterocycles. The maximum Gasteiger partial charge on any atom is 0.146 e. The third kappa shape index (κ3) is 1.34. The van der Waals surface area contributed by atoms with Crippen LogP contribution in [0.15, 0.2) is 18.2 Å². The Balaban J connectivity index is 2.54. The Bertz CT molecular complexity index is 438. The van der Waals surface area contributed by atoms with Crippen molar-refractivity contribution >= 4 is 11.6 Å². The molecule has 3 heteroatoms. The minimum absolute atomic E-state index is 0.0984. The molecular formula is C12H11ClFN. The van der Waals surface area contributed by atoms with Crippen LogP contribution in [0, 0.1) is 23.1 Å². The van der Waals surface area contributed by atoms with Gasteiger partial charge in [-0.2, -0.15) is 5.26 Å². The highest BCUT2D eigenvalue weighted by molar-refractivity contribution is 6.30. The van der Waals surface area contributed by atoms with Crippen molar-refractivity contribution in [2.75, 3.05) is 0 Å². The van der Waals surface area contributed by atoms with E-state index in [1.165, 1.54) is 6.07 Å². The van der Waals surface area contributed by atoms with Gasteiger partial charge in [0.1, 0.15) is 5.82 Å². The SMILES string of the molecule is CC1CCC1(C#N)c1cccc(Cl)c1F. The summed E-state index contributed by atoms with van der Waals surface area (Å²) in [5.41, 5.74) is -0.203. The second-order valence-electron chi connectivity index (χ2n) is 4.12. The molecule has 1 fully saturated rings. The van der Waals surface area contributed by atoms with E-state index in [0.29, 0.717) is 5.56 Å². The Morgan fingerprint density at radius 3 is 2.80 bits per heavy atom. The van der Waals surface area contributed by atoms with Crippen LogP contribution in [0.2, 0.25) is 5.02 Å². The van der Waals surface area contributed by atoms with Gasteiger partial charge in [0.15, 0.2) is 0 Å². The van der Waals surface area contributed by atoms with Crippen molar-refractivity contribution in [2.24, 2.45) is 5.92 Å². The molecule has 0 aromatic heterocycles. The van der Waals surface area contributed by atoms with E-state index >= 15 is 0 Å². The molecule has 0 saturated heterocycles. The summed E-state index contributed by atoms with van der Waals surface area (Å²) in [7, 11) is 0. The Morgan fingerprint density at radius 2 is 2.33 bits per heavy atom. The monoisotopic (exact) mass is 223 g/mol. The van der Waals surface area contributed by atoms with E-state index in [2.05, 4.69) is 6.07 Å². The van der Waals surface area contributed by atoms with Crippen LogP contribution in [0.3, 0.4) is 0 Å². The zero-order valence-corrected chi connectivity index (χ0v) is 9.18. The molecule has 1 aliphatic rings. The van der Waals surface area contributed by atoms with Crippen LogP contribution in [-0.2, 0) is 5.41 Å². The highest BCUT2D eigenvalue weighted by atomic mass is 35.5. The second kappa shape index (κ2) is 3.50. The van der Waals surface area contributed by atoms with Gasteiger partial charge in [0.05, 0.1) is 16.5 Å². The van der Waals surface area contributed by atoms with Gasteiger partial charge in [0, 0.05) is 5.56 Å². The van der Waals surface area contributed by atoms with Crippen molar-refractivity contribution in [1.29, 1.82) is 5.26 Å². The number of nitrogens with zero attached hydrogens (tertiary/aromatic N) is 1. The van der Waals surface area contributed by atoms with Crippen molar-refractivity contribution in [3.8, 4) is 6.07 Å². The molecule has 2 atom stereocenters. The van der Waals surface area contributed by atoms with E-state index in [1.54, 1.807) is 12.1 Å². The number of nitriles is 1. The summed E-state index contributed by atoms with van der Waals surface area (Å²) in [4.78, 5) is 0. The minimum atomic E-state index is -0.658. The molecule has 1 aliphatic carbocycles. The molecule has 0 N–H and O–H groups in total. The Kier molecular flexibility index (Phi) is 2.44. The topological polar surface area (TPSA) is 23.8 Å². The lowest BCUT2D eigenvalue weighted by atomic mass is 9.58. The third-order valence-electron chi connectivity index (χ3n) is 3.44. The zero-order chi connectivity index (χ0) is 11.1. The lowest BCUT2D eigenvalue weighted by Crippen LogP contribution is -2.42. The Morgan fingerprint density at radius 1 is 1.60 bits per heavy atom. The van der Waals surface area contributed by atoms with Crippen LogP contribution in [0.4, 0.5) is 4.39 Å². The lowest BCUT2D eigenvalue weighted by Gasteiger charge is -2.43. The predicted octanol–water partition coefficient (Wildman–Crippen LogP) is 3.67. The lowest BCUT2D eigenvalue weighted by molar-refractivity contribution is 0.196. The van der Waals surface area contributed by atoms with Crippen molar-refractivity contribution in [2.45, 2.75) is 25.2 Å². The maximum atomic E-state index is 13.8. The number of hydrogen-bond donors (Lipinski definition) is 0. The maximum absolute atomic E-state index is 13.8. The summed E-state index contributed by atoms with van der Waals surface area (Å²) in [6.07, 6.45) is 1.70. The molecule has 15 heavy (non-hydrogen) atoms. The van der Waals surface area contributed by atoms with Crippen molar-refractivity contribution < 1.29 is 4.39 Å².